The average molecular weight is 294 g/mol. The number of urea groups is 1. The van der Waals surface area contributed by atoms with Gasteiger partial charge in [-0.15, -0.1) is 0 Å². The second kappa shape index (κ2) is 6.60. The summed E-state index contributed by atoms with van der Waals surface area (Å²) in [6, 6.07) is -0.211. The highest BCUT2D eigenvalue weighted by Crippen LogP contribution is 2.35. The van der Waals surface area contributed by atoms with Crippen LogP contribution in [0.3, 0.4) is 0 Å². The number of rotatable bonds is 5. The fourth-order valence-corrected chi connectivity index (χ4v) is 2.93. The lowest BCUT2D eigenvalue weighted by Crippen LogP contribution is -2.52. The Hall–Kier alpha value is -2.05. The lowest BCUT2D eigenvalue weighted by atomic mass is 9.76. The van der Waals surface area contributed by atoms with Gasteiger partial charge < -0.3 is 15.3 Å². The van der Waals surface area contributed by atoms with E-state index in [0.717, 1.165) is 18.4 Å². The van der Waals surface area contributed by atoms with Crippen LogP contribution in [0.25, 0.3) is 0 Å². The van der Waals surface area contributed by atoms with Crippen molar-refractivity contribution in [2.24, 2.45) is 5.41 Å². The molecule has 7 nitrogen and oxygen atoms in total. The van der Waals surface area contributed by atoms with Gasteiger partial charge in [-0.1, -0.05) is 13.3 Å². The molecule has 0 saturated carbocycles. The van der Waals surface area contributed by atoms with Crippen LogP contribution >= 0.6 is 0 Å². The Bertz CT molecular complexity index is 484. The number of carbonyl (C=O) groups is 2. The summed E-state index contributed by atoms with van der Waals surface area (Å²) in [6.45, 7) is 3.26. The van der Waals surface area contributed by atoms with Gasteiger partial charge in [-0.05, 0) is 19.3 Å². The Morgan fingerprint density at radius 2 is 2.38 bits per heavy atom. The van der Waals surface area contributed by atoms with Crippen LogP contribution in [0.1, 0.15) is 38.2 Å². The van der Waals surface area contributed by atoms with Gasteiger partial charge in [0.1, 0.15) is 0 Å². The highest BCUT2D eigenvalue weighted by molar-refractivity contribution is 5.78. The molecule has 1 atom stereocenters. The summed E-state index contributed by atoms with van der Waals surface area (Å²) < 4.78 is 0. The molecular weight excluding hydrogens is 272 g/mol. The molecule has 0 aliphatic carbocycles. The summed E-state index contributed by atoms with van der Waals surface area (Å²) in [4.78, 5) is 25.4. The normalized spacial score (nSPS) is 22.0. The first-order valence-corrected chi connectivity index (χ1v) is 7.31. The van der Waals surface area contributed by atoms with Crippen molar-refractivity contribution >= 4 is 12.0 Å². The van der Waals surface area contributed by atoms with Crippen LogP contribution in [0, 0.1) is 5.41 Å². The van der Waals surface area contributed by atoms with Gasteiger partial charge in [-0.3, -0.25) is 9.89 Å². The van der Waals surface area contributed by atoms with Crippen LogP contribution in [0.15, 0.2) is 12.4 Å². The zero-order valence-electron chi connectivity index (χ0n) is 12.3. The highest BCUT2D eigenvalue weighted by Gasteiger charge is 2.42. The molecule has 1 fully saturated rings. The molecular formula is C14H22N4O3. The van der Waals surface area contributed by atoms with E-state index >= 15 is 0 Å². The molecule has 21 heavy (non-hydrogen) atoms. The third kappa shape index (κ3) is 3.53. The van der Waals surface area contributed by atoms with Crippen LogP contribution < -0.4 is 5.32 Å². The first kappa shape index (κ1) is 15.3. The largest absolute Gasteiger partial charge is 0.481 e. The predicted octanol–water partition coefficient (Wildman–Crippen LogP) is 1.59. The van der Waals surface area contributed by atoms with E-state index in [0.29, 0.717) is 25.9 Å². The molecule has 0 spiro atoms. The fraction of sp³-hybridized carbons (Fsp3) is 0.643. The van der Waals surface area contributed by atoms with Gasteiger partial charge in [0.15, 0.2) is 0 Å². The van der Waals surface area contributed by atoms with Crippen LogP contribution in [0.2, 0.25) is 0 Å². The first-order valence-electron chi connectivity index (χ1n) is 7.31. The minimum atomic E-state index is -0.795. The third-order valence-electron chi connectivity index (χ3n) is 4.04. The number of piperidine rings is 1. The smallest absolute Gasteiger partial charge is 0.317 e. The molecule has 1 aliphatic rings. The summed E-state index contributed by atoms with van der Waals surface area (Å²) in [7, 11) is 0. The quantitative estimate of drug-likeness (QED) is 0.768. The van der Waals surface area contributed by atoms with E-state index in [1.54, 1.807) is 17.3 Å². The Kier molecular flexibility index (Phi) is 4.82. The topological polar surface area (TPSA) is 98.3 Å². The molecule has 7 heteroatoms. The monoisotopic (exact) mass is 294 g/mol. The van der Waals surface area contributed by atoms with Crippen molar-refractivity contribution in [2.75, 3.05) is 13.1 Å². The minimum absolute atomic E-state index is 0.211. The molecule has 2 heterocycles. The van der Waals surface area contributed by atoms with E-state index in [1.807, 2.05) is 6.92 Å². The summed E-state index contributed by atoms with van der Waals surface area (Å²) >= 11 is 0. The molecule has 1 aromatic rings. The second-order valence-corrected chi connectivity index (χ2v) is 5.63. The Labute approximate surface area is 123 Å². The molecule has 3 N–H and O–H groups in total. The zero-order chi connectivity index (χ0) is 15.3. The maximum Gasteiger partial charge on any atom is 0.317 e. The molecule has 0 bridgehead atoms. The van der Waals surface area contributed by atoms with Crippen molar-refractivity contribution < 1.29 is 14.7 Å². The fourth-order valence-electron chi connectivity index (χ4n) is 2.93. The molecule has 1 aromatic heterocycles. The number of aliphatic carboxylic acids is 1. The van der Waals surface area contributed by atoms with Gasteiger partial charge in [0.2, 0.25) is 0 Å². The molecule has 0 aromatic carbocycles. The number of H-pyrrole nitrogens is 1. The van der Waals surface area contributed by atoms with Gasteiger partial charge in [-0.2, -0.15) is 5.10 Å². The number of carbonyl (C=O) groups excluding carboxylic acids is 1. The number of carboxylic acid groups (broad SMARTS) is 1. The maximum atomic E-state index is 12.2. The second-order valence-electron chi connectivity index (χ2n) is 5.63. The summed E-state index contributed by atoms with van der Waals surface area (Å²) in [6.07, 6.45) is 6.14. The molecule has 2 amide bonds. The Balaban J connectivity index is 1.96. The van der Waals surface area contributed by atoms with Crippen molar-refractivity contribution in [1.29, 1.82) is 0 Å². The molecule has 116 valence electrons. The summed E-state index contributed by atoms with van der Waals surface area (Å²) in [5, 5.41) is 18.8. The maximum absolute atomic E-state index is 12.2. The first-order chi connectivity index (χ1) is 10.1. The SMILES string of the molecule is CCCC1(C(=O)O)CCCN(C(=O)NCc2cn[nH]c2)C1. The molecule has 0 radical (unpaired) electrons. The predicted molar refractivity (Wildman–Crippen MR) is 76.6 cm³/mol. The van der Waals surface area contributed by atoms with E-state index in [4.69, 9.17) is 0 Å². The number of carboxylic acids is 1. The molecule has 1 unspecified atom stereocenters. The van der Waals surface area contributed by atoms with Crippen molar-refractivity contribution in [1.82, 2.24) is 20.4 Å². The van der Waals surface area contributed by atoms with E-state index in [9.17, 15) is 14.7 Å². The molecule has 1 saturated heterocycles. The van der Waals surface area contributed by atoms with E-state index < -0.39 is 11.4 Å². The number of hydrogen-bond donors (Lipinski definition) is 3. The van der Waals surface area contributed by atoms with Crippen molar-refractivity contribution in [3.05, 3.63) is 18.0 Å². The number of likely N-dealkylation sites (tertiary alicyclic amines) is 1. The number of nitrogens with one attached hydrogen (secondary N) is 2. The zero-order valence-corrected chi connectivity index (χ0v) is 12.3. The van der Waals surface area contributed by atoms with Crippen LogP contribution in [0.4, 0.5) is 4.79 Å². The molecule has 1 aliphatic heterocycles. The van der Waals surface area contributed by atoms with Gasteiger partial charge >= 0.3 is 12.0 Å². The molecule has 2 rings (SSSR count). The van der Waals surface area contributed by atoms with Gasteiger partial charge in [0.05, 0.1) is 11.6 Å². The Morgan fingerprint density at radius 1 is 1.57 bits per heavy atom. The van der Waals surface area contributed by atoms with Crippen molar-refractivity contribution in [3.8, 4) is 0 Å². The van der Waals surface area contributed by atoms with Crippen LogP contribution in [0.5, 0.6) is 0 Å². The number of aromatic amines is 1. The summed E-state index contributed by atoms with van der Waals surface area (Å²) in [5.74, 6) is -0.795. The van der Waals surface area contributed by atoms with Crippen LogP contribution in [-0.2, 0) is 11.3 Å². The van der Waals surface area contributed by atoms with Crippen molar-refractivity contribution in [3.63, 3.8) is 0 Å². The minimum Gasteiger partial charge on any atom is -0.481 e. The summed E-state index contributed by atoms with van der Waals surface area (Å²) in [5.41, 5.74) is 0.0957. The number of aromatic nitrogens is 2. The van der Waals surface area contributed by atoms with Gasteiger partial charge in [0, 0.05) is 31.4 Å². The van der Waals surface area contributed by atoms with E-state index in [-0.39, 0.29) is 12.6 Å². The van der Waals surface area contributed by atoms with Gasteiger partial charge in [0.25, 0.3) is 0 Å². The van der Waals surface area contributed by atoms with Crippen molar-refractivity contribution in [2.45, 2.75) is 39.2 Å². The highest BCUT2D eigenvalue weighted by atomic mass is 16.4. The average Bonchev–Trinajstić information content (AvgIpc) is 2.98. The van der Waals surface area contributed by atoms with Crippen LogP contribution in [-0.4, -0.2) is 45.3 Å². The number of hydrogen-bond acceptors (Lipinski definition) is 3. The number of nitrogens with zero attached hydrogens (tertiary/aromatic N) is 2. The van der Waals surface area contributed by atoms with E-state index in [1.165, 1.54) is 0 Å². The van der Waals surface area contributed by atoms with E-state index in [2.05, 4.69) is 15.5 Å². The lowest BCUT2D eigenvalue weighted by Gasteiger charge is -2.39. The lowest BCUT2D eigenvalue weighted by molar-refractivity contribution is -0.152. The van der Waals surface area contributed by atoms with Gasteiger partial charge in [-0.25, -0.2) is 4.79 Å². The standard InChI is InChI=1S/C14H22N4O3/c1-2-4-14(12(19)20)5-3-6-18(10-14)13(21)15-7-11-8-16-17-9-11/h8-9H,2-7,10H2,1H3,(H,15,21)(H,16,17)(H,19,20). The number of amides is 2. The Morgan fingerprint density at radius 3 is 3.00 bits per heavy atom. The third-order valence-corrected chi connectivity index (χ3v) is 4.04.